The molecule has 0 aromatic carbocycles. The van der Waals surface area contributed by atoms with Crippen LogP contribution in [0.4, 0.5) is 5.69 Å². The number of rotatable bonds is 3. The molecule has 18 heavy (non-hydrogen) atoms. The van der Waals surface area contributed by atoms with Crippen LogP contribution < -0.4 is 5.32 Å². The summed E-state index contributed by atoms with van der Waals surface area (Å²) in [5, 5.41) is 3.69. The number of hydrogen-bond acceptors (Lipinski definition) is 3. The SMILES string of the molecule is Cc1cnc(Cl)c(NCc2ncc(Br)cc2Br)c1. The van der Waals surface area contributed by atoms with E-state index in [-0.39, 0.29) is 0 Å². The van der Waals surface area contributed by atoms with Gasteiger partial charge in [0, 0.05) is 21.3 Å². The van der Waals surface area contributed by atoms with Gasteiger partial charge >= 0.3 is 0 Å². The van der Waals surface area contributed by atoms with Crippen molar-refractivity contribution in [1.29, 1.82) is 0 Å². The van der Waals surface area contributed by atoms with E-state index in [9.17, 15) is 0 Å². The highest BCUT2D eigenvalue weighted by Gasteiger charge is 2.05. The van der Waals surface area contributed by atoms with E-state index in [2.05, 4.69) is 47.1 Å². The Labute approximate surface area is 127 Å². The minimum Gasteiger partial charge on any atom is -0.377 e. The maximum atomic E-state index is 6.01. The number of pyridine rings is 2. The quantitative estimate of drug-likeness (QED) is 0.779. The van der Waals surface area contributed by atoms with Gasteiger partial charge in [-0.1, -0.05) is 11.6 Å². The molecule has 0 bridgehead atoms. The van der Waals surface area contributed by atoms with E-state index >= 15 is 0 Å². The Balaban J connectivity index is 2.13. The van der Waals surface area contributed by atoms with Gasteiger partial charge in [0.05, 0.1) is 17.9 Å². The van der Waals surface area contributed by atoms with E-state index in [1.165, 1.54) is 0 Å². The van der Waals surface area contributed by atoms with Gasteiger partial charge in [-0.3, -0.25) is 4.98 Å². The minimum absolute atomic E-state index is 0.467. The van der Waals surface area contributed by atoms with Gasteiger partial charge in [0.15, 0.2) is 5.15 Å². The van der Waals surface area contributed by atoms with Crippen LogP contribution >= 0.6 is 43.5 Å². The number of anilines is 1. The Morgan fingerprint density at radius 3 is 2.72 bits per heavy atom. The van der Waals surface area contributed by atoms with Crippen molar-refractivity contribution in [3.63, 3.8) is 0 Å². The number of aryl methyl sites for hydroxylation is 1. The number of nitrogens with one attached hydrogen (secondary N) is 1. The molecule has 0 saturated heterocycles. The van der Waals surface area contributed by atoms with Gasteiger partial charge in [-0.15, -0.1) is 0 Å². The molecule has 1 N–H and O–H groups in total. The summed E-state index contributed by atoms with van der Waals surface area (Å²) in [7, 11) is 0. The van der Waals surface area contributed by atoms with Gasteiger partial charge < -0.3 is 5.32 Å². The summed E-state index contributed by atoms with van der Waals surface area (Å²) in [5.41, 5.74) is 2.79. The predicted octanol–water partition coefficient (Wildman–Crippen LogP) is 4.58. The Morgan fingerprint density at radius 1 is 1.22 bits per heavy atom. The second kappa shape index (κ2) is 5.99. The van der Waals surface area contributed by atoms with Gasteiger partial charge in [-0.2, -0.15) is 0 Å². The molecule has 0 saturated carbocycles. The Kier molecular flexibility index (Phi) is 4.59. The molecule has 2 rings (SSSR count). The molecule has 6 heteroatoms. The van der Waals surface area contributed by atoms with Crippen LogP contribution in [0.1, 0.15) is 11.3 Å². The Bertz CT molecular complexity index is 575. The standard InChI is InChI=1S/C12H10Br2ClN3/c1-7-2-10(12(15)18-4-7)17-6-11-9(14)3-8(13)5-16-11/h2-5,17H,6H2,1H3. The highest BCUT2D eigenvalue weighted by molar-refractivity contribution is 9.11. The van der Waals surface area contributed by atoms with Gasteiger partial charge in [0.2, 0.25) is 0 Å². The van der Waals surface area contributed by atoms with Crippen molar-refractivity contribution in [1.82, 2.24) is 9.97 Å². The molecular formula is C12H10Br2ClN3. The average Bonchev–Trinajstić information content (AvgIpc) is 2.32. The fourth-order valence-corrected chi connectivity index (χ4v) is 2.73. The fourth-order valence-electron chi connectivity index (χ4n) is 1.43. The van der Waals surface area contributed by atoms with Gasteiger partial charge in [0.1, 0.15) is 0 Å². The maximum absolute atomic E-state index is 6.01. The summed E-state index contributed by atoms with van der Waals surface area (Å²) < 4.78 is 1.88. The molecule has 94 valence electrons. The van der Waals surface area contributed by atoms with Crippen LogP contribution in [0.5, 0.6) is 0 Å². The van der Waals surface area contributed by atoms with Crippen molar-refractivity contribution in [2.45, 2.75) is 13.5 Å². The third-order valence-electron chi connectivity index (χ3n) is 2.31. The summed E-state index contributed by atoms with van der Waals surface area (Å²) in [6, 6.07) is 3.92. The molecule has 0 aliphatic heterocycles. The molecule has 0 fully saturated rings. The fraction of sp³-hybridized carbons (Fsp3) is 0.167. The van der Waals surface area contributed by atoms with Crippen molar-refractivity contribution in [3.8, 4) is 0 Å². The Hall–Kier alpha value is -0.650. The Morgan fingerprint density at radius 2 is 2.00 bits per heavy atom. The second-order valence-corrected chi connectivity index (χ2v) is 5.91. The van der Waals surface area contributed by atoms with Crippen LogP contribution in [-0.4, -0.2) is 9.97 Å². The first-order chi connectivity index (χ1) is 8.56. The first-order valence-electron chi connectivity index (χ1n) is 5.22. The normalized spacial score (nSPS) is 10.4. The van der Waals surface area contributed by atoms with Crippen molar-refractivity contribution >= 4 is 49.1 Å². The van der Waals surface area contributed by atoms with Crippen LogP contribution in [0, 0.1) is 6.92 Å². The molecule has 2 heterocycles. The van der Waals surface area contributed by atoms with Crippen molar-refractivity contribution in [3.05, 3.63) is 49.9 Å². The number of hydrogen-bond donors (Lipinski definition) is 1. The van der Waals surface area contributed by atoms with E-state index in [0.29, 0.717) is 11.7 Å². The molecule has 0 atom stereocenters. The first-order valence-corrected chi connectivity index (χ1v) is 7.18. The highest BCUT2D eigenvalue weighted by atomic mass is 79.9. The zero-order valence-electron chi connectivity index (χ0n) is 9.54. The largest absolute Gasteiger partial charge is 0.377 e. The summed E-state index contributed by atoms with van der Waals surface area (Å²) in [6.45, 7) is 2.56. The zero-order valence-corrected chi connectivity index (χ0v) is 13.5. The van der Waals surface area contributed by atoms with E-state index in [4.69, 9.17) is 11.6 Å². The molecule has 3 nitrogen and oxygen atoms in total. The van der Waals surface area contributed by atoms with Gasteiger partial charge in [0.25, 0.3) is 0 Å². The van der Waals surface area contributed by atoms with E-state index < -0.39 is 0 Å². The predicted molar refractivity (Wildman–Crippen MR) is 80.9 cm³/mol. The molecule has 0 radical (unpaired) electrons. The monoisotopic (exact) mass is 389 g/mol. The maximum Gasteiger partial charge on any atom is 0.152 e. The lowest BCUT2D eigenvalue weighted by Gasteiger charge is -2.09. The van der Waals surface area contributed by atoms with Crippen molar-refractivity contribution < 1.29 is 0 Å². The average molecular weight is 391 g/mol. The van der Waals surface area contributed by atoms with E-state index in [1.54, 1.807) is 12.4 Å². The smallest absolute Gasteiger partial charge is 0.152 e. The molecule has 0 aliphatic carbocycles. The van der Waals surface area contributed by atoms with Gasteiger partial charge in [-0.05, 0) is 56.5 Å². The number of nitrogens with zero attached hydrogens (tertiary/aromatic N) is 2. The molecule has 0 unspecified atom stereocenters. The van der Waals surface area contributed by atoms with Crippen LogP contribution in [-0.2, 0) is 6.54 Å². The minimum atomic E-state index is 0.467. The lowest BCUT2D eigenvalue weighted by atomic mass is 10.3. The van der Waals surface area contributed by atoms with E-state index in [0.717, 1.165) is 25.9 Å². The molecule has 2 aromatic heterocycles. The topological polar surface area (TPSA) is 37.8 Å². The third-order valence-corrected chi connectivity index (χ3v) is 3.73. The molecular weight excluding hydrogens is 381 g/mol. The lowest BCUT2D eigenvalue weighted by Crippen LogP contribution is -2.03. The van der Waals surface area contributed by atoms with Gasteiger partial charge in [-0.25, -0.2) is 4.98 Å². The van der Waals surface area contributed by atoms with Crippen LogP contribution in [0.3, 0.4) is 0 Å². The number of aromatic nitrogens is 2. The van der Waals surface area contributed by atoms with Crippen molar-refractivity contribution in [2.75, 3.05) is 5.32 Å². The summed E-state index contributed by atoms with van der Waals surface area (Å²) in [6.07, 6.45) is 3.50. The summed E-state index contributed by atoms with van der Waals surface area (Å²) in [4.78, 5) is 8.42. The molecule has 0 aliphatic rings. The molecule has 2 aromatic rings. The third kappa shape index (κ3) is 3.43. The van der Waals surface area contributed by atoms with Crippen LogP contribution in [0.15, 0.2) is 33.5 Å². The van der Waals surface area contributed by atoms with Crippen LogP contribution in [0.2, 0.25) is 5.15 Å². The molecule has 0 spiro atoms. The summed E-state index contributed by atoms with van der Waals surface area (Å²) >= 11 is 12.9. The van der Waals surface area contributed by atoms with Crippen LogP contribution in [0.25, 0.3) is 0 Å². The molecule has 0 amide bonds. The number of halogens is 3. The zero-order chi connectivity index (χ0) is 13.1. The van der Waals surface area contributed by atoms with E-state index in [1.807, 2.05) is 19.1 Å². The lowest BCUT2D eigenvalue weighted by molar-refractivity contribution is 1.02. The second-order valence-electron chi connectivity index (χ2n) is 3.79. The summed E-state index contributed by atoms with van der Waals surface area (Å²) in [5.74, 6) is 0. The highest BCUT2D eigenvalue weighted by Crippen LogP contribution is 2.23. The first kappa shape index (κ1) is 13.8. The van der Waals surface area contributed by atoms with Crippen molar-refractivity contribution in [2.24, 2.45) is 0 Å².